The molecule has 12 heteroatoms. The Balaban J connectivity index is 1.41. The molecule has 6 rings (SSSR count). The van der Waals surface area contributed by atoms with E-state index in [1.807, 2.05) is 16.1 Å². The SMILES string of the molecule is C[C@@H]1C[C@@H]2CC(CN3C=CNN3)(C1)N2C(=O)Nc1ccc(C(F)(F)F)c(-c2ncc(F)cn2)c1. The van der Waals surface area contributed by atoms with Crippen molar-refractivity contribution < 1.29 is 22.4 Å². The van der Waals surface area contributed by atoms with Gasteiger partial charge in [-0.3, -0.25) is 5.01 Å². The third-order valence-electron chi connectivity index (χ3n) is 6.56. The van der Waals surface area contributed by atoms with Crippen molar-refractivity contribution in [3.63, 3.8) is 0 Å². The smallest absolute Gasteiger partial charge is 0.314 e. The predicted octanol–water partition coefficient (Wildman–Crippen LogP) is 3.87. The van der Waals surface area contributed by atoms with E-state index in [2.05, 4.69) is 33.2 Å². The van der Waals surface area contributed by atoms with Crippen molar-refractivity contribution in [2.24, 2.45) is 5.92 Å². The van der Waals surface area contributed by atoms with E-state index < -0.39 is 17.6 Å². The number of rotatable bonds is 4. The predicted molar refractivity (Wildman–Crippen MR) is 115 cm³/mol. The van der Waals surface area contributed by atoms with E-state index in [0.29, 0.717) is 12.5 Å². The highest BCUT2D eigenvalue weighted by Crippen LogP contribution is 2.50. The molecule has 8 nitrogen and oxygen atoms in total. The molecular weight excluding hydrogens is 454 g/mol. The number of hydrazine groups is 2. The van der Waals surface area contributed by atoms with Crippen LogP contribution in [0.25, 0.3) is 11.4 Å². The molecule has 1 aromatic carbocycles. The quantitative estimate of drug-likeness (QED) is 0.580. The first-order chi connectivity index (χ1) is 16.1. The molecule has 3 aliphatic heterocycles. The van der Waals surface area contributed by atoms with Crippen LogP contribution in [0.5, 0.6) is 0 Å². The molecule has 2 saturated heterocycles. The van der Waals surface area contributed by atoms with Crippen LogP contribution in [0.4, 0.5) is 28.0 Å². The van der Waals surface area contributed by atoms with Crippen LogP contribution in [0.2, 0.25) is 0 Å². The maximum atomic E-state index is 13.6. The molecule has 1 unspecified atom stereocenters. The Labute approximate surface area is 193 Å². The van der Waals surface area contributed by atoms with Gasteiger partial charge in [-0.15, -0.1) is 5.53 Å². The Morgan fingerprint density at radius 3 is 2.71 bits per heavy atom. The Bertz CT molecular complexity index is 1120. The average Bonchev–Trinajstić information content (AvgIpc) is 3.25. The minimum absolute atomic E-state index is 0.0673. The summed E-state index contributed by atoms with van der Waals surface area (Å²) in [7, 11) is 0. The van der Waals surface area contributed by atoms with E-state index in [9.17, 15) is 22.4 Å². The second-order valence-electron chi connectivity index (χ2n) is 9.11. The summed E-state index contributed by atoms with van der Waals surface area (Å²) in [4.78, 5) is 22.5. The van der Waals surface area contributed by atoms with Gasteiger partial charge < -0.3 is 15.6 Å². The summed E-state index contributed by atoms with van der Waals surface area (Å²) in [6, 6.07) is 2.94. The molecule has 0 spiro atoms. The van der Waals surface area contributed by atoms with Gasteiger partial charge >= 0.3 is 12.2 Å². The fraction of sp³-hybridized carbons (Fsp3) is 0.409. The first-order valence-electron chi connectivity index (χ1n) is 10.9. The van der Waals surface area contributed by atoms with Gasteiger partial charge in [-0.25, -0.2) is 19.2 Å². The highest BCUT2D eigenvalue weighted by Gasteiger charge is 2.58. The Hall–Kier alpha value is -3.41. The lowest BCUT2D eigenvalue weighted by atomic mass is 9.64. The number of hydrogen-bond donors (Lipinski definition) is 3. The van der Waals surface area contributed by atoms with Crippen molar-refractivity contribution in [1.29, 1.82) is 0 Å². The molecule has 3 fully saturated rings. The van der Waals surface area contributed by atoms with Crippen LogP contribution in [0.3, 0.4) is 0 Å². The molecular formula is C22H23F4N7O. The lowest BCUT2D eigenvalue weighted by Crippen LogP contribution is -2.75. The van der Waals surface area contributed by atoms with Gasteiger partial charge in [0.05, 0.1) is 30.0 Å². The van der Waals surface area contributed by atoms with Crippen LogP contribution in [0, 0.1) is 11.7 Å². The number of carbonyl (C=O) groups excluding carboxylic acids is 1. The molecule has 3 atom stereocenters. The molecule has 1 aliphatic carbocycles. The second kappa shape index (κ2) is 8.12. The van der Waals surface area contributed by atoms with Gasteiger partial charge in [0.15, 0.2) is 11.6 Å². The van der Waals surface area contributed by atoms with Crippen LogP contribution in [-0.4, -0.2) is 44.0 Å². The fourth-order valence-corrected chi connectivity index (χ4v) is 5.44. The summed E-state index contributed by atoms with van der Waals surface area (Å²) in [6.45, 7) is 2.74. The number of fused-ring (bicyclic) bond motifs is 2. The van der Waals surface area contributed by atoms with Crippen molar-refractivity contribution >= 4 is 11.7 Å². The zero-order valence-corrected chi connectivity index (χ0v) is 18.2. The minimum atomic E-state index is -4.67. The van der Waals surface area contributed by atoms with Gasteiger partial charge in [0.2, 0.25) is 0 Å². The maximum absolute atomic E-state index is 13.6. The van der Waals surface area contributed by atoms with Gasteiger partial charge in [-0.1, -0.05) is 6.92 Å². The Kier molecular flexibility index (Phi) is 5.34. The molecule has 2 amide bonds. The number of alkyl halides is 3. The zero-order chi connectivity index (χ0) is 24.1. The standard InChI is InChI=1S/C22H23F4N7O/c1-13-6-16-9-21(8-13,12-32-5-4-29-31-32)33(16)20(34)30-15-2-3-18(22(24,25)26)17(7-15)19-27-10-14(23)11-28-19/h2-5,7,10-11,13,16,29,31H,6,8-9,12H2,1H3,(H,30,34)/t13-,16-,21?/m1/s1. The van der Waals surface area contributed by atoms with E-state index in [1.54, 1.807) is 6.20 Å². The topological polar surface area (TPSA) is 85.4 Å². The van der Waals surface area contributed by atoms with Crippen LogP contribution in [0.1, 0.15) is 31.7 Å². The third kappa shape index (κ3) is 4.02. The number of halogens is 4. The number of nitrogens with zero attached hydrogens (tertiary/aromatic N) is 4. The number of urea groups is 1. The van der Waals surface area contributed by atoms with Crippen LogP contribution < -0.4 is 16.3 Å². The number of carbonyl (C=O) groups is 1. The van der Waals surface area contributed by atoms with E-state index in [4.69, 9.17) is 0 Å². The number of hydrogen-bond acceptors (Lipinski definition) is 6. The van der Waals surface area contributed by atoms with Crippen molar-refractivity contribution in [1.82, 2.24) is 30.8 Å². The minimum Gasteiger partial charge on any atom is -0.314 e. The summed E-state index contributed by atoms with van der Waals surface area (Å²) in [5, 5.41) is 4.63. The van der Waals surface area contributed by atoms with Gasteiger partial charge in [0.25, 0.3) is 0 Å². The molecule has 2 aromatic rings. The molecule has 0 radical (unpaired) electrons. The number of amides is 2. The van der Waals surface area contributed by atoms with E-state index in [0.717, 1.165) is 37.7 Å². The summed E-state index contributed by atoms with van der Waals surface area (Å²) in [6.07, 6.45) is 3.09. The molecule has 180 valence electrons. The van der Waals surface area contributed by atoms with Crippen molar-refractivity contribution in [2.75, 3.05) is 11.9 Å². The summed E-state index contributed by atoms with van der Waals surface area (Å²) in [5.74, 6) is -0.589. The number of nitrogens with one attached hydrogen (secondary N) is 3. The summed E-state index contributed by atoms with van der Waals surface area (Å²) < 4.78 is 54.0. The molecule has 2 bridgehead atoms. The molecule has 34 heavy (non-hydrogen) atoms. The maximum Gasteiger partial charge on any atom is 0.417 e. The molecule has 3 N–H and O–H groups in total. The van der Waals surface area contributed by atoms with Crippen LogP contribution in [0.15, 0.2) is 43.0 Å². The van der Waals surface area contributed by atoms with Crippen molar-refractivity contribution in [2.45, 2.75) is 43.9 Å². The number of piperidine rings is 1. The number of aromatic nitrogens is 2. The van der Waals surface area contributed by atoms with Crippen molar-refractivity contribution in [3.05, 3.63) is 54.4 Å². The van der Waals surface area contributed by atoms with Gasteiger partial charge in [0, 0.05) is 29.7 Å². The van der Waals surface area contributed by atoms with E-state index in [1.165, 1.54) is 12.1 Å². The summed E-state index contributed by atoms with van der Waals surface area (Å²) in [5.41, 5.74) is 4.36. The van der Waals surface area contributed by atoms with Crippen molar-refractivity contribution in [3.8, 4) is 11.4 Å². The fourth-order valence-electron chi connectivity index (χ4n) is 5.44. The number of anilines is 1. The number of benzene rings is 1. The first-order valence-corrected chi connectivity index (χ1v) is 10.9. The second-order valence-corrected chi connectivity index (χ2v) is 9.11. The molecule has 4 heterocycles. The van der Waals surface area contributed by atoms with Gasteiger partial charge in [0.1, 0.15) is 0 Å². The monoisotopic (exact) mass is 477 g/mol. The Morgan fingerprint density at radius 2 is 2.03 bits per heavy atom. The highest BCUT2D eigenvalue weighted by molar-refractivity contribution is 5.92. The largest absolute Gasteiger partial charge is 0.417 e. The van der Waals surface area contributed by atoms with Crippen LogP contribution in [-0.2, 0) is 6.18 Å². The van der Waals surface area contributed by atoms with Gasteiger partial charge in [-0.05, 0) is 43.4 Å². The zero-order valence-electron chi connectivity index (χ0n) is 18.2. The normalized spacial score (nSPS) is 25.7. The molecule has 4 aliphatic rings. The lowest BCUT2D eigenvalue weighted by Gasteiger charge is -2.64. The van der Waals surface area contributed by atoms with E-state index >= 15 is 0 Å². The molecule has 1 saturated carbocycles. The first kappa shape index (κ1) is 22.4. The van der Waals surface area contributed by atoms with Gasteiger partial charge in [-0.2, -0.15) is 13.2 Å². The highest BCUT2D eigenvalue weighted by atomic mass is 19.4. The van der Waals surface area contributed by atoms with E-state index in [-0.39, 0.29) is 34.7 Å². The Morgan fingerprint density at radius 1 is 1.26 bits per heavy atom. The third-order valence-corrected chi connectivity index (χ3v) is 6.56. The summed E-state index contributed by atoms with van der Waals surface area (Å²) >= 11 is 0. The van der Waals surface area contributed by atoms with Crippen LogP contribution >= 0.6 is 0 Å². The lowest BCUT2D eigenvalue weighted by molar-refractivity contribution is -0.137. The molecule has 1 aromatic heterocycles. The average molecular weight is 477 g/mol.